The Kier molecular flexibility index (Phi) is 4.91. The van der Waals surface area contributed by atoms with Crippen molar-refractivity contribution < 1.29 is 9.53 Å². The summed E-state index contributed by atoms with van der Waals surface area (Å²) in [4.78, 5) is 37.7. The first-order valence-corrected chi connectivity index (χ1v) is 9.68. The number of amides is 1. The molecule has 9 heteroatoms. The van der Waals surface area contributed by atoms with Gasteiger partial charge in [-0.1, -0.05) is 6.07 Å². The third-order valence-corrected chi connectivity index (χ3v) is 5.64. The number of carbonyl (C=O) groups is 1. The highest BCUT2D eigenvalue weighted by molar-refractivity contribution is 5.95. The second-order valence-electron chi connectivity index (χ2n) is 7.65. The standard InChI is InChI=1S/C20H25N5O4/c1-12(13-4-5-15-16(8-13)29-11-17(26)22-15)21-14-6-7-25(10-14)18-9-19(27)24(3)20(28)23(18)2/h4-5,8-9,12,14,21H,6-7,10-11H2,1-3H3,(H,22,26)/t12?,14-/m0/s1. The number of hydrogen-bond donors (Lipinski definition) is 2. The lowest BCUT2D eigenvalue weighted by atomic mass is 10.1. The van der Waals surface area contributed by atoms with Crippen molar-refractivity contribution >= 4 is 17.4 Å². The van der Waals surface area contributed by atoms with Crippen molar-refractivity contribution in [3.05, 3.63) is 50.7 Å². The third kappa shape index (κ3) is 3.65. The topological polar surface area (TPSA) is 97.6 Å². The maximum Gasteiger partial charge on any atom is 0.332 e. The number of nitrogens with one attached hydrogen (secondary N) is 2. The fourth-order valence-corrected chi connectivity index (χ4v) is 3.94. The molecule has 1 aromatic heterocycles. The molecule has 2 atom stereocenters. The SMILES string of the molecule is CC(N[C@H]1CCN(c2cc(=O)n(C)c(=O)n2C)C1)c1ccc2c(c1)OCC(=O)N2. The minimum absolute atomic E-state index is 0.0328. The van der Waals surface area contributed by atoms with Gasteiger partial charge in [0.15, 0.2) is 6.61 Å². The molecule has 154 valence electrons. The van der Waals surface area contributed by atoms with Gasteiger partial charge < -0.3 is 20.3 Å². The molecule has 0 radical (unpaired) electrons. The number of hydrogen-bond acceptors (Lipinski definition) is 6. The second kappa shape index (κ2) is 7.40. The van der Waals surface area contributed by atoms with Gasteiger partial charge in [-0.3, -0.25) is 18.7 Å². The number of benzene rings is 1. The summed E-state index contributed by atoms with van der Waals surface area (Å²) in [5, 5.41) is 6.41. The van der Waals surface area contributed by atoms with E-state index in [0.29, 0.717) is 23.8 Å². The van der Waals surface area contributed by atoms with Crippen molar-refractivity contribution in [2.75, 3.05) is 29.9 Å². The van der Waals surface area contributed by atoms with Crippen LogP contribution in [0.1, 0.15) is 24.9 Å². The third-order valence-electron chi connectivity index (χ3n) is 5.64. The van der Waals surface area contributed by atoms with Crippen LogP contribution in [0.2, 0.25) is 0 Å². The van der Waals surface area contributed by atoms with Crippen molar-refractivity contribution in [2.24, 2.45) is 14.1 Å². The van der Waals surface area contributed by atoms with E-state index in [1.54, 1.807) is 7.05 Å². The number of rotatable bonds is 4. The summed E-state index contributed by atoms with van der Waals surface area (Å²) in [7, 11) is 3.17. The van der Waals surface area contributed by atoms with Crippen molar-refractivity contribution in [3.8, 4) is 5.75 Å². The van der Waals surface area contributed by atoms with Crippen LogP contribution in [0.25, 0.3) is 0 Å². The molecule has 2 aliphatic heterocycles. The number of carbonyl (C=O) groups excluding carboxylic acids is 1. The van der Waals surface area contributed by atoms with Crippen molar-refractivity contribution in [3.63, 3.8) is 0 Å². The van der Waals surface area contributed by atoms with Crippen molar-refractivity contribution in [1.82, 2.24) is 14.5 Å². The highest BCUT2D eigenvalue weighted by atomic mass is 16.5. The lowest BCUT2D eigenvalue weighted by Gasteiger charge is -2.24. The Balaban J connectivity index is 1.45. The summed E-state index contributed by atoms with van der Waals surface area (Å²) >= 11 is 0. The quantitative estimate of drug-likeness (QED) is 0.770. The number of ether oxygens (including phenoxy) is 1. The number of aromatic nitrogens is 2. The second-order valence-corrected chi connectivity index (χ2v) is 7.65. The first-order chi connectivity index (χ1) is 13.8. The molecule has 1 saturated heterocycles. The van der Waals surface area contributed by atoms with E-state index in [1.807, 2.05) is 18.2 Å². The van der Waals surface area contributed by atoms with Crippen molar-refractivity contribution in [2.45, 2.75) is 25.4 Å². The molecule has 1 unspecified atom stereocenters. The van der Waals surface area contributed by atoms with E-state index >= 15 is 0 Å². The Labute approximate surface area is 167 Å². The molecule has 2 aromatic rings. The lowest BCUT2D eigenvalue weighted by Crippen LogP contribution is -2.41. The average Bonchev–Trinajstić information content (AvgIpc) is 3.16. The van der Waals surface area contributed by atoms with E-state index in [1.165, 1.54) is 17.7 Å². The molecule has 9 nitrogen and oxygen atoms in total. The smallest absolute Gasteiger partial charge is 0.332 e. The summed E-state index contributed by atoms with van der Waals surface area (Å²) in [6.07, 6.45) is 0.908. The summed E-state index contributed by atoms with van der Waals surface area (Å²) in [5.41, 5.74) is 1.14. The Bertz CT molecular complexity index is 1070. The Morgan fingerprint density at radius 2 is 1.97 bits per heavy atom. The fourth-order valence-electron chi connectivity index (χ4n) is 3.94. The van der Waals surface area contributed by atoms with Gasteiger partial charge in [0.25, 0.3) is 11.5 Å². The van der Waals surface area contributed by atoms with E-state index in [0.717, 1.165) is 23.1 Å². The predicted octanol–water partition coefficient (Wildman–Crippen LogP) is 0.344. The first kappa shape index (κ1) is 19.3. The largest absolute Gasteiger partial charge is 0.482 e. The molecule has 0 spiro atoms. The van der Waals surface area contributed by atoms with Gasteiger partial charge in [0.2, 0.25) is 0 Å². The number of nitrogens with zero attached hydrogens (tertiary/aromatic N) is 3. The van der Waals surface area contributed by atoms with Crippen molar-refractivity contribution in [1.29, 1.82) is 0 Å². The van der Waals surface area contributed by atoms with Gasteiger partial charge >= 0.3 is 5.69 Å². The van der Waals surface area contributed by atoms with Crippen LogP contribution in [-0.2, 0) is 18.9 Å². The van der Waals surface area contributed by atoms with Gasteiger partial charge in [-0.25, -0.2) is 4.79 Å². The first-order valence-electron chi connectivity index (χ1n) is 9.68. The van der Waals surface area contributed by atoms with Crippen LogP contribution in [0, 0.1) is 0 Å². The van der Waals surface area contributed by atoms with Gasteiger partial charge in [-0.15, -0.1) is 0 Å². The van der Waals surface area contributed by atoms with E-state index in [2.05, 4.69) is 22.5 Å². The van der Waals surface area contributed by atoms with Crippen LogP contribution in [0.4, 0.5) is 11.5 Å². The van der Waals surface area contributed by atoms with Crippen LogP contribution in [0.3, 0.4) is 0 Å². The maximum absolute atomic E-state index is 12.2. The number of anilines is 2. The molecule has 1 amide bonds. The van der Waals surface area contributed by atoms with E-state index in [9.17, 15) is 14.4 Å². The van der Waals surface area contributed by atoms with Crippen LogP contribution in [-0.4, -0.2) is 40.8 Å². The Morgan fingerprint density at radius 1 is 1.17 bits per heavy atom. The predicted molar refractivity (Wildman–Crippen MR) is 110 cm³/mol. The van der Waals surface area contributed by atoms with Gasteiger partial charge in [0.1, 0.15) is 11.6 Å². The zero-order valence-electron chi connectivity index (χ0n) is 16.8. The molecular formula is C20H25N5O4. The molecule has 0 saturated carbocycles. The zero-order chi connectivity index (χ0) is 20.7. The molecule has 0 bridgehead atoms. The molecular weight excluding hydrogens is 374 g/mol. The molecule has 2 N–H and O–H groups in total. The van der Waals surface area contributed by atoms with E-state index in [4.69, 9.17) is 4.74 Å². The molecule has 3 heterocycles. The minimum atomic E-state index is -0.321. The molecule has 4 rings (SSSR count). The molecule has 29 heavy (non-hydrogen) atoms. The minimum Gasteiger partial charge on any atom is -0.482 e. The molecule has 2 aliphatic rings. The molecule has 0 aliphatic carbocycles. The van der Waals surface area contributed by atoms with Gasteiger partial charge in [0.05, 0.1) is 5.69 Å². The van der Waals surface area contributed by atoms with Crippen LogP contribution >= 0.6 is 0 Å². The lowest BCUT2D eigenvalue weighted by molar-refractivity contribution is -0.118. The average molecular weight is 399 g/mol. The molecule has 1 fully saturated rings. The van der Waals surface area contributed by atoms with Gasteiger partial charge in [-0.05, 0) is 31.0 Å². The Morgan fingerprint density at radius 3 is 2.76 bits per heavy atom. The highest BCUT2D eigenvalue weighted by Crippen LogP contribution is 2.31. The molecule has 1 aromatic carbocycles. The van der Waals surface area contributed by atoms with Crippen LogP contribution in [0.15, 0.2) is 33.9 Å². The maximum atomic E-state index is 12.2. The fraction of sp³-hybridized carbons (Fsp3) is 0.450. The monoisotopic (exact) mass is 399 g/mol. The summed E-state index contributed by atoms with van der Waals surface area (Å²) < 4.78 is 8.13. The summed E-state index contributed by atoms with van der Waals surface area (Å²) in [6, 6.07) is 7.60. The van der Waals surface area contributed by atoms with Gasteiger partial charge in [0, 0.05) is 45.3 Å². The normalized spacial score (nSPS) is 19.5. The Hall–Kier alpha value is -3.07. The number of fused-ring (bicyclic) bond motifs is 1. The van der Waals surface area contributed by atoms with Gasteiger partial charge in [-0.2, -0.15) is 0 Å². The summed E-state index contributed by atoms with van der Waals surface area (Å²) in [5.74, 6) is 1.18. The van der Waals surface area contributed by atoms with Crippen LogP contribution in [0.5, 0.6) is 5.75 Å². The summed E-state index contributed by atoms with van der Waals surface area (Å²) in [6.45, 7) is 3.59. The van der Waals surface area contributed by atoms with Crippen LogP contribution < -0.4 is 31.5 Å². The highest BCUT2D eigenvalue weighted by Gasteiger charge is 2.27. The zero-order valence-corrected chi connectivity index (χ0v) is 16.8. The van der Waals surface area contributed by atoms with E-state index in [-0.39, 0.29) is 35.8 Å². The van der Waals surface area contributed by atoms with E-state index < -0.39 is 0 Å².